The highest BCUT2D eigenvalue weighted by Gasteiger charge is 2.16. The van der Waals surface area contributed by atoms with Crippen molar-refractivity contribution in [2.75, 3.05) is 23.9 Å². The van der Waals surface area contributed by atoms with Gasteiger partial charge in [-0.1, -0.05) is 11.8 Å². The van der Waals surface area contributed by atoms with Gasteiger partial charge in [-0.05, 0) is 12.1 Å². The van der Waals surface area contributed by atoms with Gasteiger partial charge in [0.1, 0.15) is 0 Å². The fraction of sp³-hybridized carbons (Fsp3) is 0.167. The number of nitrogens with one attached hydrogen (secondary N) is 2. The standard InChI is InChI=1S/C12H12N4O5S/c1-20-7(17)5-22-12-15-9(13)8(11(19)16-12)14-10(18)6-3-2-4-21-6/h2-4H,5H2,1H3,(H,14,18)(H3,13,15,16,19). The van der Waals surface area contributed by atoms with Crippen LogP contribution in [0.4, 0.5) is 11.5 Å². The number of rotatable bonds is 5. The van der Waals surface area contributed by atoms with E-state index in [1.807, 2.05) is 0 Å². The maximum absolute atomic E-state index is 11.9. The zero-order chi connectivity index (χ0) is 16.1. The molecule has 2 rings (SSSR count). The first-order chi connectivity index (χ1) is 10.5. The fourth-order valence-corrected chi connectivity index (χ4v) is 2.13. The number of thioether (sulfide) groups is 1. The number of aromatic nitrogens is 2. The van der Waals surface area contributed by atoms with Gasteiger partial charge in [-0.15, -0.1) is 0 Å². The molecular formula is C12H12N4O5S. The number of hydrogen-bond donors (Lipinski definition) is 3. The predicted molar refractivity (Wildman–Crippen MR) is 78.7 cm³/mol. The Hall–Kier alpha value is -2.75. The van der Waals surface area contributed by atoms with Crippen molar-refractivity contribution in [3.05, 3.63) is 34.5 Å². The summed E-state index contributed by atoms with van der Waals surface area (Å²) in [6.45, 7) is 0. The molecule has 116 valence electrons. The van der Waals surface area contributed by atoms with Gasteiger partial charge >= 0.3 is 5.97 Å². The number of nitrogens with zero attached hydrogens (tertiary/aromatic N) is 1. The zero-order valence-electron chi connectivity index (χ0n) is 11.4. The van der Waals surface area contributed by atoms with Crippen LogP contribution < -0.4 is 16.6 Å². The van der Waals surface area contributed by atoms with Crippen LogP contribution >= 0.6 is 11.8 Å². The molecule has 0 aromatic carbocycles. The van der Waals surface area contributed by atoms with Crippen molar-refractivity contribution in [2.45, 2.75) is 5.16 Å². The number of nitrogen functional groups attached to an aromatic ring is 1. The van der Waals surface area contributed by atoms with Gasteiger partial charge in [-0.25, -0.2) is 4.98 Å². The summed E-state index contributed by atoms with van der Waals surface area (Å²) < 4.78 is 9.38. The largest absolute Gasteiger partial charge is 0.468 e. The van der Waals surface area contributed by atoms with E-state index in [1.165, 1.54) is 25.5 Å². The highest BCUT2D eigenvalue weighted by atomic mass is 32.2. The van der Waals surface area contributed by atoms with Crippen molar-refractivity contribution in [3.8, 4) is 0 Å². The number of esters is 1. The second-order valence-corrected chi connectivity index (χ2v) is 4.89. The number of nitrogens with two attached hydrogens (primary N) is 1. The molecule has 0 saturated carbocycles. The van der Waals surface area contributed by atoms with Crippen LogP contribution in [0.5, 0.6) is 0 Å². The number of aromatic amines is 1. The molecule has 22 heavy (non-hydrogen) atoms. The summed E-state index contributed by atoms with van der Waals surface area (Å²) in [5.74, 6) is -1.27. The molecule has 0 radical (unpaired) electrons. The van der Waals surface area contributed by atoms with E-state index in [9.17, 15) is 14.4 Å². The van der Waals surface area contributed by atoms with E-state index in [-0.39, 0.29) is 28.2 Å². The number of hydrogen-bond acceptors (Lipinski definition) is 8. The van der Waals surface area contributed by atoms with Gasteiger partial charge in [0.05, 0.1) is 19.1 Å². The number of carbonyl (C=O) groups is 2. The molecule has 2 aromatic rings. The summed E-state index contributed by atoms with van der Waals surface area (Å²) in [5, 5.41) is 2.46. The lowest BCUT2D eigenvalue weighted by atomic mass is 10.4. The van der Waals surface area contributed by atoms with Crippen LogP contribution in [0.2, 0.25) is 0 Å². The highest BCUT2D eigenvalue weighted by Crippen LogP contribution is 2.17. The molecule has 1 amide bonds. The lowest BCUT2D eigenvalue weighted by Crippen LogP contribution is -2.23. The lowest BCUT2D eigenvalue weighted by molar-refractivity contribution is -0.137. The van der Waals surface area contributed by atoms with E-state index in [1.54, 1.807) is 0 Å². The maximum Gasteiger partial charge on any atom is 0.316 e. The van der Waals surface area contributed by atoms with E-state index >= 15 is 0 Å². The first kappa shape index (κ1) is 15.6. The van der Waals surface area contributed by atoms with Crippen LogP contribution in [0.25, 0.3) is 0 Å². The third-order valence-corrected chi connectivity index (χ3v) is 3.31. The van der Waals surface area contributed by atoms with Crippen LogP contribution in [0.15, 0.2) is 32.8 Å². The van der Waals surface area contributed by atoms with Gasteiger partial charge in [-0.2, -0.15) is 0 Å². The molecule has 0 unspecified atom stereocenters. The van der Waals surface area contributed by atoms with E-state index in [4.69, 9.17) is 10.2 Å². The number of anilines is 2. The Morgan fingerprint density at radius 1 is 1.55 bits per heavy atom. The Morgan fingerprint density at radius 3 is 2.91 bits per heavy atom. The minimum Gasteiger partial charge on any atom is -0.468 e. The SMILES string of the molecule is COC(=O)CSc1nc(N)c(NC(=O)c2ccco2)c(=O)[nH]1. The highest BCUT2D eigenvalue weighted by molar-refractivity contribution is 7.99. The van der Waals surface area contributed by atoms with E-state index in [0.29, 0.717) is 0 Å². The number of amides is 1. The fourth-order valence-electron chi connectivity index (χ4n) is 1.43. The summed E-state index contributed by atoms with van der Waals surface area (Å²) in [7, 11) is 1.25. The molecule has 2 heterocycles. The molecule has 0 aliphatic heterocycles. The van der Waals surface area contributed by atoms with Gasteiger partial charge in [-0.3, -0.25) is 19.4 Å². The first-order valence-corrected chi connectivity index (χ1v) is 6.94. The van der Waals surface area contributed by atoms with Crippen LogP contribution in [-0.2, 0) is 9.53 Å². The van der Waals surface area contributed by atoms with Gasteiger partial charge in [0.2, 0.25) is 0 Å². The van der Waals surface area contributed by atoms with Crippen molar-refractivity contribution in [2.24, 2.45) is 0 Å². The molecular weight excluding hydrogens is 312 g/mol. The van der Waals surface area contributed by atoms with E-state index in [2.05, 4.69) is 20.0 Å². The maximum atomic E-state index is 11.9. The quantitative estimate of drug-likeness (QED) is 0.409. The Labute approximate surface area is 128 Å². The molecule has 0 saturated heterocycles. The van der Waals surface area contributed by atoms with Gasteiger partial charge in [0, 0.05) is 0 Å². The van der Waals surface area contributed by atoms with Crippen molar-refractivity contribution >= 4 is 35.1 Å². The Morgan fingerprint density at radius 2 is 2.32 bits per heavy atom. The summed E-state index contributed by atoms with van der Waals surface area (Å²) in [4.78, 5) is 41.1. The second kappa shape index (κ2) is 6.80. The van der Waals surface area contributed by atoms with Crippen LogP contribution in [0.3, 0.4) is 0 Å². The van der Waals surface area contributed by atoms with Gasteiger partial charge < -0.3 is 20.2 Å². The molecule has 10 heteroatoms. The predicted octanol–water partition coefficient (Wildman–Crippen LogP) is 0.462. The first-order valence-electron chi connectivity index (χ1n) is 5.95. The Kier molecular flexibility index (Phi) is 4.84. The molecule has 2 aromatic heterocycles. The van der Waals surface area contributed by atoms with Gasteiger partial charge in [0.25, 0.3) is 11.5 Å². The number of furan rings is 1. The molecule has 0 atom stereocenters. The Bertz CT molecular complexity index is 740. The van der Waals surface area contributed by atoms with E-state index in [0.717, 1.165) is 11.8 Å². The minimum absolute atomic E-state index is 0.0305. The monoisotopic (exact) mass is 324 g/mol. The second-order valence-electron chi connectivity index (χ2n) is 3.93. The van der Waals surface area contributed by atoms with Crippen LogP contribution in [-0.4, -0.2) is 34.7 Å². The zero-order valence-corrected chi connectivity index (χ0v) is 12.2. The van der Waals surface area contributed by atoms with Crippen LogP contribution in [0, 0.1) is 0 Å². The summed E-state index contributed by atoms with van der Waals surface area (Å²) >= 11 is 0.954. The molecule has 0 spiro atoms. The number of carbonyl (C=O) groups excluding carboxylic acids is 2. The van der Waals surface area contributed by atoms with E-state index < -0.39 is 17.4 Å². The van der Waals surface area contributed by atoms with Gasteiger partial charge in [0.15, 0.2) is 22.4 Å². The molecule has 0 aliphatic carbocycles. The molecule has 4 N–H and O–H groups in total. The van der Waals surface area contributed by atoms with Crippen molar-refractivity contribution in [1.29, 1.82) is 0 Å². The Balaban J connectivity index is 2.15. The third-order valence-electron chi connectivity index (χ3n) is 2.46. The normalized spacial score (nSPS) is 10.2. The summed E-state index contributed by atoms with van der Waals surface area (Å²) in [6, 6.07) is 2.97. The lowest BCUT2D eigenvalue weighted by Gasteiger charge is -2.07. The average molecular weight is 324 g/mol. The number of methoxy groups -OCH3 is 1. The number of H-pyrrole nitrogens is 1. The third kappa shape index (κ3) is 3.67. The van der Waals surface area contributed by atoms with Crippen LogP contribution in [0.1, 0.15) is 10.6 Å². The molecule has 0 aliphatic rings. The van der Waals surface area contributed by atoms with Crippen molar-refractivity contribution in [1.82, 2.24) is 9.97 Å². The van der Waals surface area contributed by atoms with Crippen molar-refractivity contribution < 1.29 is 18.7 Å². The number of ether oxygens (including phenoxy) is 1. The average Bonchev–Trinajstić information content (AvgIpc) is 3.02. The van der Waals surface area contributed by atoms with Crippen molar-refractivity contribution in [3.63, 3.8) is 0 Å². The molecule has 0 fully saturated rings. The smallest absolute Gasteiger partial charge is 0.316 e. The summed E-state index contributed by atoms with van der Waals surface area (Å²) in [5.41, 5.74) is 4.83. The minimum atomic E-state index is -0.639. The summed E-state index contributed by atoms with van der Waals surface area (Å²) in [6.07, 6.45) is 1.33. The molecule has 0 bridgehead atoms. The topological polar surface area (TPSA) is 140 Å². The molecule has 9 nitrogen and oxygen atoms in total.